The third-order valence-corrected chi connectivity index (χ3v) is 8.61. The minimum absolute atomic E-state index is 0.160. The van der Waals surface area contributed by atoms with Crippen LogP contribution in [0.3, 0.4) is 0 Å². The summed E-state index contributed by atoms with van der Waals surface area (Å²) in [7, 11) is 0. The van der Waals surface area contributed by atoms with Crippen LogP contribution in [-0.2, 0) is 14.4 Å². The lowest BCUT2D eigenvalue weighted by Gasteiger charge is -2.28. The maximum Gasteiger partial charge on any atom is 0.244 e. The molecule has 160 valence electrons. The van der Waals surface area contributed by atoms with E-state index < -0.39 is 0 Å². The maximum atomic E-state index is 13.2. The van der Waals surface area contributed by atoms with E-state index >= 15 is 0 Å². The number of imide groups is 1. The molecule has 2 aromatic carbocycles. The van der Waals surface area contributed by atoms with Crippen LogP contribution in [0.4, 0.5) is 5.69 Å². The monoisotopic (exact) mass is 480 g/mol. The Balaban J connectivity index is 1.31. The van der Waals surface area contributed by atoms with Crippen LogP contribution in [0.2, 0.25) is 0 Å². The zero-order chi connectivity index (χ0) is 21.9. The summed E-state index contributed by atoms with van der Waals surface area (Å²) in [5.41, 5.74) is 3.96. The summed E-state index contributed by atoms with van der Waals surface area (Å²) in [5, 5.41) is 2.85. The topological polar surface area (TPSA) is 66.5 Å². The molecule has 2 bridgehead atoms. The summed E-state index contributed by atoms with van der Waals surface area (Å²) in [6.45, 7) is 3.70. The van der Waals surface area contributed by atoms with Crippen molar-refractivity contribution in [3.05, 3.63) is 63.6 Å². The molecule has 1 heterocycles. The molecule has 1 saturated heterocycles. The van der Waals surface area contributed by atoms with Gasteiger partial charge in [-0.15, -0.1) is 0 Å². The summed E-state index contributed by atoms with van der Waals surface area (Å²) in [6.07, 6.45) is 1.89. The van der Waals surface area contributed by atoms with Gasteiger partial charge in [0.25, 0.3) is 0 Å². The third-order valence-electron chi connectivity index (χ3n) is 7.36. The van der Waals surface area contributed by atoms with Gasteiger partial charge < -0.3 is 5.32 Å². The van der Waals surface area contributed by atoms with E-state index in [0.29, 0.717) is 11.6 Å². The number of carbonyl (C=O) groups excluding carboxylic acids is 3. The minimum Gasteiger partial charge on any atom is -0.325 e. The van der Waals surface area contributed by atoms with Crippen LogP contribution < -0.4 is 5.32 Å². The normalized spacial score (nSPS) is 28.9. The van der Waals surface area contributed by atoms with E-state index in [9.17, 15) is 14.4 Å². The number of anilines is 1. The number of aryl methyl sites for hydroxylation is 2. The summed E-state index contributed by atoms with van der Waals surface area (Å²) in [4.78, 5) is 40.2. The molecular formula is C25H25BrN2O3. The number of fused-ring (bicyclic) bond motifs is 5. The molecule has 2 aromatic rings. The van der Waals surface area contributed by atoms with E-state index in [2.05, 4.69) is 33.4 Å². The van der Waals surface area contributed by atoms with Gasteiger partial charge in [-0.1, -0.05) is 46.3 Å². The first-order chi connectivity index (χ1) is 14.8. The maximum absolute atomic E-state index is 13.2. The Kier molecular flexibility index (Phi) is 5.00. The second-order valence-corrected chi connectivity index (χ2v) is 9.99. The van der Waals surface area contributed by atoms with Crippen LogP contribution in [0.15, 0.2) is 46.9 Å². The van der Waals surface area contributed by atoms with Gasteiger partial charge in [-0.25, -0.2) is 0 Å². The lowest BCUT2D eigenvalue weighted by atomic mass is 9.73. The number of nitrogens with one attached hydrogen (secondary N) is 1. The second kappa shape index (κ2) is 7.59. The van der Waals surface area contributed by atoms with Gasteiger partial charge in [0, 0.05) is 10.2 Å². The summed E-state index contributed by atoms with van der Waals surface area (Å²) in [5.74, 6) is -0.431. The van der Waals surface area contributed by atoms with Gasteiger partial charge in [-0.3, -0.25) is 19.3 Å². The molecule has 2 saturated carbocycles. The molecule has 6 heteroatoms. The molecule has 3 amide bonds. The average Bonchev–Trinajstić information content (AvgIpc) is 3.40. The van der Waals surface area contributed by atoms with Crippen molar-refractivity contribution in [2.75, 3.05) is 11.9 Å². The Hall–Kier alpha value is -2.47. The second-order valence-electron chi connectivity index (χ2n) is 9.20. The van der Waals surface area contributed by atoms with Crippen LogP contribution in [0.5, 0.6) is 0 Å². The number of likely N-dealkylation sites (tertiary alicyclic amines) is 1. The van der Waals surface area contributed by atoms with Gasteiger partial charge in [0.2, 0.25) is 17.7 Å². The van der Waals surface area contributed by atoms with Gasteiger partial charge in [-0.05, 0) is 73.3 Å². The number of benzene rings is 2. The van der Waals surface area contributed by atoms with Crippen molar-refractivity contribution in [2.45, 2.75) is 32.6 Å². The van der Waals surface area contributed by atoms with Gasteiger partial charge >= 0.3 is 0 Å². The average molecular weight is 481 g/mol. The minimum atomic E-state index is -0.338. The molecule has 0 aromatic heterocycles. The van der Waals surface area contributed by atoms with Crippen molar-refractivity contribution in [1.82, 2.24) is 4.90 Å². The molecule has 3 fully saturated rings. The number of carbonyl (C=O) groups is 3. The summed E-state index contributed by atoms with van der Waals surface area (Å²) < 4.78 is 1.01. The van der Waals surface area contributed by atoms with Gasteiger partial charge in [-0.2, -0.15) is 0 Å². The molecule has 2 aliphatic carbocycles. The molecular weight excluding hydrogens is 456 g/mol. The molecule has 1 N–H and O–H groups in total. The molecule has 0 radical (unpaired) electrons. The molecule has 31 heavy (non-hydrogen) atoms. The van der Waals surface area contributed by atoms with Crippen molar-refractivity contribution >= 4 is 39.3 Å². The van der Waals surface area contributed by atoms with E-state index in [1.807, 2.05) is 44.2 Å². The fourth-order valence-corrected chi connectivity index (χ4v) is 6.35. The highest BCUT2D eigenvalue weighted by molar-refractivity contribution is 9.10. The molecule has 1 aliphatic heterocycles. The van der Waals surface area contributed by atoms with Crippen molar-refractivity contribution in [1.29, 1.82) is 0 Å². The van der Waals surface area contributed by atoms with Crippen LogP contribution in [0.1, 0.15) is 35.4 Å². The Labute approximate surface area is 190 Å². The van der Waals surface area contributed by atoms with Crippen LogP contribution in [-0.4, -0.2) is 29.2 Å². The summed E-state index contributed by atoms with van der Waals surface area (Å²) >= 11 is 3.52. The zero-order valence-electron chi connectivity index (χ0n) is 17.6. The van der Waals surface area contributed by atoms with Crippen molar-refractivity contribution in [3.63, 3.8) is 0 Å². The number of halogens is 1. The lowest BCUT2D eigenvalue weighted by Crippen LogP contribution is -2.39. The number of amides is 3. The van der Waals surface area contributed by atoms with E-state index in [0.717, 1.165) is 28.4 Å². The van der Waals surface area contributed by atoms with Crippen molar-refractivity contribution in [3.8, 4) is 0 Å². The first-order valence-corrected chi connectivity index (χ1v) is 11.6. The first-order valence-electron chi connectivity index (χ1n) is 10.8. The number of hydrogen-bond donors (Lipinski definition) is 1. The van der Waals surface area contributed by atoms with E-state index in [-0.39, 0.29) is 47.9 Å². The number of hydrogen-bond acceptors (Lipinski definition) is 3. The molecule has 5 nitrogen and oxygen atoms in total. The van der Waals surface area contributed by atoms with Crippen LogP contribution >= 0.6 is 15.9 Å². The molecule has 3 aliphatic rings. The predicted molar refractivity (Wildman–Crippen MR) is 121 cm³/mol. The highest BCUT2D eigenvalue weighted by Gasteiger charge is 2.63. The Morgan fingerprint density at radius 2 is 1.68 bits per heavy atom. The highest BCUT2D eigenvalue weighted by Crippen LogP contribution is 2.61. The fourth-order valence-electron chi connectivity index (χ4n) is 6.12. The Bertz CT molecular complexity index is 1060. The molecule has 0 unspecified atom stereocenters. The van der Waals surface area contributed by atoms with Crippen LogP contribution in [0, 0.1) is 37.5 Å². The zero-order valence-corrected chi connectivity index (χ0v) is 19.2. The van der Waals surface area contributed by atoms with Crippen LogP contribution in [0.25, 0.3) is 0 Å². The Morgan fingerprint density at radius 3 is 2.35 bits per heavy atom. The first kappa shape index (κ1) is 20.4. The SMILES string of the molecule is Cc1cc(NC(=O)CN2C(=O)[C@@H]3[C@@H]4C[C@@H]([C@H]3C2=O)[C@@H](c2ccccc2)C4)cc(C)c1Br. The van der Waals surface area contributed by atoms with E-state index in [1.54, 1.807) is 0 Å². The van der Waals surface area contributed by atoms with Gasteiger partial charge in [0.1, 0.15) is 6.54 Å². The molecule has 5 atom stereocenters. The summed E-state index contributed by atoms with van der Waals surface area (Å²) in [6, 6.07) is 14.1. The highest BCUT2D eigenvalue weighted by atomic mass is 79.9. The number of rotatable bonds is 4. The number of nitrogens with zero attached hydrogens (tertiary/aromatic N) is 1. The smallest absolute Gasteiger partial charge is 0.244 e. The standard InChI is InChI=1S/C25H25BrN2O3/c1-13-8-17(9-14(2)23(13)26)27-20(29)12-28-24(30)21-16-10-18(15-6-4-3-5-7-15)19(11-16)22(21)25(28)31/h3-9,16,18-19,21-22H,10-12H2,1-2H3,(H,27,29)/t16-,18+,19+,21+,22+/m0/s1. The van der Waals surface area contributed by atoms with Gasteiger partial charge in [0.15, 0.2) is 0 Å². The lowest BCUT2D eigenvalue weighted by molar-refractivity contribution is -0.143. The largest absolute Gasteiger partial charge is 0.325 e. The quantitative estimate of drug-likeness (QED) is 0.658. The molecule has 0 spiro atoms. The predicted octanol–water partition coefficient (Wildman–Crippen LogP) is 4.43. The van der Waals surface area contributed by atoms with Crippen molar-refractivity contribution in [2.24, 2.45) is 23.7 Å². The Morgan fingerprint density at radius 1 is 1.03 bits per heavy atom. The molecule has 5 rings (SSSR count). The van der Waals surface area contributed by atoms with E-state index in [4.69, 9.17) is 0 Å². The third kappa shape index (κ3) is 3.32. The van der Waals surface area contributed by atoms with Crippen molar-refractivity contribution < 1.29 is 14.4 Å². The van der Waals surface area contributed by atoms with Gasteiger partial charge in [0.05, 0.1) is 11.8 Å². The fraction of sp³-hybridized carbons (Fsp3) is 0.400. The van der Waals surface area contributed by atoms with E-state index in [1.165, 1.54) is 10.5 Å².